The highest BCUT2D eigenvalue weighted by Crippen LogP contribution is 2.39. The molecule has 2 N–H and O–H groups in total. The van der Waals surface area contributed by atoms with Crippen LogP contribution >= 0.6 is 0 Å². The van der Waals surface area contributed by atoms with Gasteiger partial charge in [0.1, 0.15) is 0 Å². The number of fused-ring (bicyclic) bond motifs is 1. The third-order valence-electron chi connectivity index (χ3n) is 3.99. The molecule has 0 unspecified atom stereocenters. The number of rotatable bonds is 1. The van der Waals surface area contributed by atoms with Gasteiger partial charge in [-0.3, -0.25) is 4.79 Å². The zero-order chi connectivity index (χ0) is 11.0. The van der Waals surface area contributed by atoms with Crippen molar-refractivity contribution in [3.05, 3.63) is 0 Å². The number of carbonyl (C=O) groups is 1. The highest BCUT2D eigenvalue weighted by atomic mass is 16.2. The molecule has 1 aliphatic carbocycles. The summed E-state index contributed by atoms with van der Waals surface area (Å²) in [6.07, 6.45) is 6.29. The van der Waals surface area contributed by atoms with Crippen molar-refractivity contribution in [1.29, 1.82) is 0 Å². The number of nitrogens with two attached hydrogens (primary N) is 1. The van der Waals surface area contributed by atoms with E-state index in [1.807, 2.05) is 0 Å². The molecule has 1 amide bonds. The third-order valence-corrected chi connectivity index (χ3v) is 3.99. The quantitative estimate of drug-likeness (QED) is 0.713. The van der Waals surface area contributed by atoms with Crippen molar-refractivity contribution in [3.63, 3.8) is 0 Å². The fourth-order valence-electron chi connectivity index (χ4n) is 3.32. The van der Waals surface area contributed by atoms with E-state index in [-0.39, 0.29) is 11.9 Å². The van der Waals surface area contributed by atoms with Crippen molar-refractivity contribution >= 4 is 5.91 Å². The summed E-state index contributed by atoms with van der Waals surface area (Å²) in [4.78, 5) is 14.1. The van der Waals surface area contributed by atoms with Gasteiger partial charge in [0.25, 0.3) is 0 Å². The second-order valence-corrected chi connectivity index (χ2v) is 5.23. The average molecular weight is 210 g/mol. The maximum atomic E-state index is 12.0. The summed E-state index contributed by atoms with van der Waals surface area (Å²) in [5, 5.41) is 0. The molecule has 1 saturated heterocycles. The molecule has 0 aromatic heterocycles. The normalized spacial score (nSPS) is 37.5. The van der Waals surface area contributed by atoms with Crippen molar-refractivity contribution in [1.82, 2.24) is 4.90 Å². The Morgan fingerprint density at radius 3 is 2.73 bits per heavy atom. The Hall–Kier alpha value is -0.570. The molecule has 0 radical (unpaired) electrons. The summed E-state index contributed by atoms with van der Waals surface area (Å²) in [7, 11) is 0. The second-order valence-electron chi connectivity index (χ2n) is 5.23. The van der Waals surface area contributed by atoms with Crippen LogP contribution in [0.1, 0.15) is 46.0 Å². The van der Waals surface area contributed by atoms with Crippen LogP contribution < -0.4 is 5.73 Å². The average Bonchev–Trinajstić information content (AvgIpc) is 2.52. The van der Waals surface area contributed by atoms with Crippen LogP contribution in [0.25, 0.3) is 0 Å². The molecule has 0 aromatic rings. The first-order chi connectivity index (χ1) is 7.11. The Bertz CT molecular complexity index is 252. The second kappa shape index (κ2) is 4.12. The van der Waals surface area contributed by atoms with Crippen LogP contribution in [0.15, 0.2) is 0 Å². The highest BCUT2D eigenvalue weighted by Gasteiger charge is 2.42. The van der Waals surface area contributed by atoms with E-state index in [2.05, 4.69) is 11.8 Å². The van der Waals surface area contributed by atoms with Crippen LogP contribution in [0.2, 0.25) is 0 Å². The van der Waals surface area contributed by atoms with Gasteiger partial charge in [-0.2, -0.15) is 0 Å². The molecule has 1 heterocycles. The predicted octanol–water partition coefficient (Wildman–Crippen LogP) is 1.51. The van der Waals surface area contributed by atoms with E-state index in [0.29, 0.717) is 12.1 Å². The van der Waals surface area contributed by atoms with Gasteiger partial charge in [-0.25, -0.2) is 0 Å². The van der Waals surface area contributed by atoms with Crippen molar-refractivity contribution in [2.45, 2.75) is 64.1 Å². The molecular formula is C12H22N2O. The van der Waals surface area contributed by atoms with Gasteiger partial charge in [-0.1, -0.05) is 12.8 Å². The van der Waals surface area contributed by atoms with Crippen molar-refractivity contribution in [3.8, 4) is 0 Å². The molecule has 0 spiro atoms. The minimum atomic E-state index is -0.340. The van der Waals surface area contributed by atoms with Crippen LogP contribution in [0.3, 0.4) is 0 Å². The van der Waals surface area contributed by atoms with Crippen LogP contribution in [-0.4, -0.2) is 28.9 Å². The molecule has 0 aromatic carbocycles. The van der Waals surface area contributed by atoms with E-state index in [0.717, 1.165) is 5.92 Å². The Balaban J connectivity index is 2.12. The standard InChI is InChI=1S/C12H22N2O/c1-8-7-10-5-3-4-6-11(10)14(8)12(15)9(2)13/h8-11H,3-7,13H2,1-2H3/t8-,9+,10+,11+/m1/s1. The Labute approximate surface area is 92.0 Å². The number of likely N-dealkylation sites (tertiary alicyclic amines) is 1. The van der Waals surface area contributed by atoms with Gasteiger partial charge in [0, 0.05) is 12.1 Å². The fraction of sp³-hybridized carbons (Fsp3) is 0.917. The van der Waals surface area contributed by atoms with Gasteiger partial charge in [0.05, 0.1) is 6.04 Å². The Morgan fingerprint density at radius 1 is 1.40 bits per heavy atom. The van der Waals surface area contributed by atoms with Crippen LogP contribution in [0, 0.1) is 5.92 Å². The predicted molar refractivity (Wildman–Crippen MR) is 60.3 cm³/mol. The molecule has 0 bridgehead atoms. The van der Waals surface area contributed by atoms with Crippen molar-refractivity contribution < 1.29 is 4.79 Å². The molecule has 2 aliphatic rings. The topological polar surface area (TPSA) is 46.3 Å². The van der Waals surface area contributed by atoms with Crippen molar-refractivity contribution in [2.75, 3.05) is 0 Å². The van der Waals surface area contributed by atoms with Gasteiger partial charge in [-0.15, -0.1) is 0 Å². The summed E-state index contributed by atoms with van der Waals surface area (Å²) >= 11 is 0. The third kappa shape index (κ3) is 1.89. The van der Waals surface area contributed by atoms with Gasteiger partial charge in [-0.05, 0) is 39.0 Å². The van der Waals surface area contributed by atoms with E-state index in [4.69, 9.17) is 5.73 Å². The first-order valence-electron chi connectivity index (χ1n) is 6.19. The first kappa shape index (κ1) is 10.9. The maximum absolute atomic E-state index is 12.0. The molecule has 86 valence electrons. The van der Waals surface area contributed by atoms with E-state index in [9.17, 15) is 4.79 Å². The summed E-state index contributed by atoms with van der Waals surface area (Å²) in [6, 6.07) is 0.553. The first-order valence-corrected chi connectivity index (χ1v) is 6.19. The number of nitrogens with zero attached hydrogens (tertiary/aromatic N) is 1. The minimum Gasteiger partial charge on any atom is -0.335 e. The number of carbonyl (C=O) groups excluding carboxylic acids is 1. The SMILES string of the molecule is C[C@H](N)C(=O)N1[C@H](C)C[C@@H]2CCCC[C@@H]21. The summed E-state index contributed by atoms with van der Waals surface area (Å²) in [5.74, 6) is 0.897. The van der Waals surface area contributed by atoms with Crippen LogP contribution in [0.5, 0.6) is 0 Å². The zero-order valence-corrected chi connectivity index (χ0v) is 9.78. The van der Waals surface area contributed by atoms with E-state index < -0.39 is 0 Å². The molecule has 3 nitrogen and oxygen atoms in total. The molecule has 4 atom stereocenters. The zero-order valence-electron chi connectivity index (χ0n) is 9.78. The Morgan fingerprint density at radius 2 is 2.07 bits per heavy atom. The largest absolute Gasteiger partial charge is 0.335 e. The van der Waals surface area contributed by atoms with E-state index in [1.165, 1.54) is 32.1 Å². The van der Waals surface area contributed by atoms with Crippen LogP contribution in [-0.2, 0) is 4.79 Å². The molecule has 1 aliphatic heterocycles. The molecule has 2 rings (SSSR count). The summed E-state index contributed by atoms with van der Waals surface area (Å²) < 4.78 is 0. The number of hydrogen-bond acceptors (Lipinski definition) is 2. The van der Waals surface area contributed by atoms with Gasteiger partial charge in [0.15, 0.2) is 0 Å². The van der Waals surface area contributed by atoms with Crippen LogP contribution in [0.4, 0.5) is 0 Å². The lowest BCUT2D eigenvalue weighted by atomic mass is 9.85. The van der Waals surface area contributed by atoms with Gasteiger partial charge >= 0.3 is 0 Å². The lowest BCUT2D eigenvalue weighted by Crippen LogP contribution is -2.48. The molecular weight excluding hydrogens is 188 g/mol. The van der Waals surface area contributed by atoms with E-state index in [1.54, 1.807) is 6.92 Å². The molecule has 15 heavy (non-hydrogen) atoms. The lowest BCUT2D eigenvalue weighted by molar-refractivity contribution is -0.135. The smallest absolute Gasteiger partial charge is 0.239 e. The highest BCUT2D eigenvalue weighted by molar-refractivity contribution is 5.82. The molecule has 3 heteroatoms. The monoisotopic (exact) mass is 210 g/mol. The summed E-state index contributed by atoms with van der Waals surface area (Å²) in [5.41, 5.74) is 5.71. The summed E-state index contributed by atoms with van der Waals surface area (Å²) in [6.45, 7) is 3.96. The maximum Gasteiger partial charge on any atom is 0.239 e. The van der Waals surface area contributed by atoms with Crippen molar-refractivity contribution in [2.24, 2.45) is 11.7 Å². The fourth-order valence-corrected chi connectivity index (χ4v) is 3.32. The number of amides is 1. The Kier molecular flexibility index (Phi) is 3.01. The minimum absolute atomic E-state index is 0.150. The number of hydrogen-bond donors (Lipinski definition) is 1. The molecule has 2 fully saturated rings. The lowest BCUT2D eigenvalue weighted by Gasteiger charge is -2.34. The molecule has 1 saturated carbocycles. The van der Waals surface area contributed by atoms with Gasteiger partial charge < -0.3 is 10.6 Å². The van der Waals surface area contributed by atoms with Gasteiger partial charge in [0.2, 0.25) is 5.91 Å². The van der Waals surface area contributed by atoms with E-state index >= 15 is 0 Å².